The highest BCUT2D eigenvalue weighted by molar-refractivity contribution is 6.19. The van der Waals surface area contributed by atoms with E-state index in [0.717, 1.165) is 33.9 Å². The van der Waals surface area contributed by atoms with E-state index in [1.165, 1.54) is 88.6 Å². The van der Waals surface area contributed by atoms with E-state index in [1.54, 1.807) is 0 Å². The van der Waals surface area contributed by atoms with Gasteiger partial charge in [0.2, 0.25) is 0 Å². The molecule has 0 bridgehead atoms. The van der Waals surface area contributed by atoms with Gasteiger partial charge < -0.3 is 9.47 Å². The zero-order valence-electron chi connectivity index (χ0n) is 37.8. The van der Waals surface area contributed by atoms with Gasteiger partial charge in [0, 0.05) is 33.5 Å². The smallest absolute Gasteiger partial charge is 0.0725 e. The third kappa shape index (κ3) is 5.92. The van der Waals surface area contributed by atoms with E-state index >= 15 is 0 Å². The quantitative estimate of drug-likeness (QED) is 0.155. The monoisotopic (exact) mass is 876 g/mol. The Morgan fingerprint density at radius 3 is 1.32 bits per heavy atom. The number of fused-ring (bicyclic) bond motifs is 14. The largest absolute Gasteiger partial charge is 0.310 e. The van der Waals surface area contributed by atoms with E-state index in [2.05, 4.69) is 276 Å². The molecule has 2 aliphatic rings. The summed E-state index contributed by atoms with van der Waals surface area (Å²) in [5.41, 5.74) is 23.9. The Morgan fingerprint density at radius 1 is 0.290 bits per heavy atom. The maximum atomic E-state index is 2.47. The third-order valence-corrected chi connectivity index (χ3v) is 14.8. The van der Waals surface area contributed by atoms with Gasteiger partial charge in [0.1, 0.15) is 0 Å². The van der Waals surface area contributed by atoms with Gasteiger partial charge in [0.25, 0.3) is 0 Å². The second-order valence-corrected chi connectivity index (χ2v) is 18.4. The zero-order valence-corrected chi connectivity index (χ0v) is 37.8. The van der Waals surface area contributed by atoms with Gasteiger partial charge in [-0.05, 0) is 145 Å². The Hall–Kier alpha value is -8.98. The fourth-order valence-electron chi connectivity index (χ4n) is 11.9. The van der Waals surface area contributed by atoms with Crippen LogP contribution in [0.25, 0.3) is 83.1 Å². The standard InChI is InChI=1S/C67H44N2/c1-5-19-45(20-6-1)48-33-35-52(36-34-48)68(54-42-49(46-21-7-2-8-22-46)41-50(43-54)47-23-9-3-10-24-47)53-37-39-63-58(44-53)66-64(69(63)51-25-11-4-12-26-51)40-38-62-65(66)57-29-15-18-32-61(57)67(62)59-30-16-13-27-55(59)56-28-14-17-31-60(56)67/h1-44H. The van der Waals surface area contributed by atoms with E-state index in [0.29, 0.717) is 0 Å². The van der Waals surface area contributed by atoms with E-state index in [-0.39, 0.29) is 0 Å². The fraction of sp³-hybridized carbons (Fsp3) is 0.0149. The SMILES string of the molecule is c1ccc(-c2ccc(N(c3cc(-c4ccccc4)cc(-c4ccccc4)c3)c3ccc4c(c3)c3c5c(ccc3n4-c3ccccc3)C3(c4ccccc4-c4ccccc43)c3ccccc3-5)cc2)cc1. The fourth-order valence-corrected chi connectivity index (χ4v) is 11.9. The highest BCUT2D eigenvalue weighted by atomic mass is 15.1. The first-order valence-corrected chi connectivity index (χ1v) is 23.9. The predicted octanol–water partition coefficient (Wildman–Crippen LogP) is 17.6. The van der Waals surface area contributed by atoms with Gasteiger partial charge in [-0.1, -0.05) is 200 Å². The number of para-hydroxylation sites is 1. The van der Waals surface area contributed by atoms with Crippen molar-refractivity contribution >= 4 is 38.9 Å². The van der Waals surface area contributed by atoms with Crippen LogP contribution in [0.5, 0.6) is 0 Å². The summed E-state index contributed by atoms with van der Waals surface area (Å²) in [4.78, 5) is 2.46. The predicted molar refractivity (Wildman–Crippen MR) is 288 cm³/mol. The van der Waals surface area contributed by atoms with Crippen LogP contribution in [0.15, 0.2) is 267 Å². The van der Waals surface area contributed by atoms with Gasteiger partial charge in [-0.3, -0.25) is 0 Å². The van der Waals surface area contributed by atoms with Gasteiger partial charge >= 0.3 is 0 Å². The zero-order chi connectivity index (χ0) is 45.5. The number of hydrogen-bond donors (Lipinski definition) is 0. The first-order chi connectivity index (χ1) is 34.2. The summed E-state index contributed by atoms with van der Waals surface area (Å²) in [7, 11) is 0. The second-order valence-electron chi connectivity index (χ2n) is 18.4. The van der Waals surface area contributed by atoms with Crippen molar-refractivity contribution in [1.29, 1.82) is 0 Å². The number of aromatic nitrogens is 1. The van der Waals surface area contributed by atoms with Crippen LogP contribution in [0.4, 0.5) is 17.1 Å². The molecule has 1 heterocycles. The molecule has 0 fully saturated rings. The van der Waals surface area contributed by atoms with Gasteiger partial charge in [0.15, 0.2) is 0 Å². The number of anilines is 3. The molecule has 322 valence electrons. The minimum Gasteiger partial charge on any atom is -0.310 e. The number of rotatable bonds is 7. The molecule has 0 unspecified atom stereocenters. The molecule has 0 atom stereocenters. The van der Waals surface area contributed by atoms with Crippen LogP contribution in [0.1, 0.15) is 22.3 Å². The van der Waals surface area contributed by atoms with Gasteiger partial charge in [-0.15, -0.1) is 0 Å². The minimum absolute atomic E-state index is 0.454. The van der Waals surface area contributed by atoms with E-state index in [4.69, 9.17) is 0 Å². The molecule has 2 aliphatic carbocycles. The summed E-state index contributed by atoms with van der Waals surface area (Å²) in [6.07, 6.45) is 0. The van der Waals surface area contributed by atoms with E-state index in [9.17, 15) is 0 Å². The molecule has 1 aromatic heterocycles. The summed E-state index contributed by atoms with van der Waals surface area (Å²) in [6.45, 7) is 0. The van der Waals surface area contributed by atoms with Crippen molar-refractivity contribution in [3.05, 3.63) is 289 Å². The van der Waals surface area contributed by atoms with Crippen molar-refractivity contribution in [2.45, 2.75) is 5.41 Å². The Balaban J connectivity index is 1.07. The third-order valence-electron chi connectivity index (χ3n) is 14.8. The lowest BCUT2D eigenvalue weighted by molar-refractivity contribution is 0.794. The van der Waals surface area contributed by atoms with Crippen molar-refractivity contribution in [3.63, 3.8) is 0 Å². The maximum Gasteiger partial charge on any atom is 0.0725 e. The van der Waals surface area contributed by atoms with Crippen LogP contribution in [0, 0.1) is 0 Å². The molecule has 12 aromatic rings. The Bertz CT molecular complexity index is 3820. The highest BCUT2D eigenvalue weighted by Gasteiger charge is 2.52. The van der Waals surface area contributed by atoms with Crippen molar-refractivity contribution in [2.24, 2.45) is 0 Å². The van der Waals surface area contributed by atoms with Crippen LogP contribution in [-0.2, 0) is 5.41 Å². The molecule has 1 spiro atoms. The van der Waals surface area contributed by atoms with E-state index in [1.807, 2.05) is 0 Å². The van der Waals surface area contributed by atoms with Crippen molar-refractivity contribution in [2.75, 3.05) is 4.90 Å². The average Bonchev–Trinajstić information content (AvgIpc) is 4.04. The molecule has 11 aromatic carbocycles. The maximum absolute atomic E-state index is 2.47. The Morgan fingerprint density at radius 2 is 0.739 bits per heavy atom. The molecule has 14 rings (SSSR count). The van der Waals surface area contributed by atoms with Crippen LogP contribution in [-0.4, -0.2) is 4.57 Å². The molecule has 0 N–H and O–H groups in total. The Labute approximate surface area is 402 Å². The Kier molecular flexibility index (Phi) is 8.84. The lowest BCUT2D eigenvalue weighted by Gasteiger charge is -2.30. The molecule has 0 radical (unpaired) electrons. The van der Waals surface area contributed by atoms with Gasteiger partial charge in [-0.25, -0.2) is 0 Å². The molecule has 0 saturated carbocycles. The first kappa shape index (κ1) is 39.2. The molecule has 2 heteroatoms. The normalized spacial score (nSPS) is 12.8. The van der Waals surface area contributed by atoms with Crippen LogP contribution in [0.3, 0.4) is 0 Å². The molecule has 0 aliphatic heterocycles. The van der Waals surface area contributed by atoms with Crippen molar-refractivity contribution in [1.82, 2.24) is 4.57 Å². The van der Waals surface area contributed by atoms with Crippen LogP contribution >= 0.6 is 0 Å². The van der Waals surface area contributed by atoms with Crippen molar-refractivity contribution < 1.29 is 0 Å². The topological polar surface area (TPSA) is 8.17 Å². The molecule has 0 saturated heterocycles. The highest BCUT2D eigenvalue weighted by Crippen LogP contribution is 2.64. The summed E-state index contributed by atoms with van der Waals surface area (Å²) < 4.78 is 2.47. The number of nitrogens with zero attached hydrogens (tertiary/aromatic N) is 2. The summed E-state index contributed by atoms with van der Waals surface area (Å²) in [5, 5.41) is 2.48. The molecule has 2 nitrogen and oxygen atoms in total. The molecule has 0 amide bonds. The van der Waals surface area contributed by atoms with Gasteiger partial charge in [0.05, 0.1) is 16.4 Å². The first-order valence-electron chi connectivity index (χ1n) is 23.9. The number of benzene rings is 11. The molecular weight excluding hydrogens is 833 g/mol. The molecular formula is C67H44N2. The van der Waals surface area contributed by atoms with Crippen LogP contribution < -0.4 is 4.90 Å². The summed E-state index contributed by atoms with van der Waals surface area (Å²) in [6, 6.07) is 98.6. The van der Waals surface area contributed by atoms with Crippen molar-refractivity contribution in [3.8, 4) is 61.3 Å². The minimum atomic E-state index is -0.454. The second kappa shape index (κ2) is 15.6. The average molecular weight is 877 g/mol. The number of hydrogen-bond acceptors (Lipinski definition) is 1. The lowest BCUT2D eigenvalue weighted by atomic mass is 9.70. The van der Waals surface area contributed by atoms with Gasteiger partial charge in [-0.2, -0.15) is 0 Å². The summed E-state index contributed by atoms with van der Waals surface area (Å²) >= 11 is 0. The summed E-state index contributed by atoms with van der Waals surface area (Å²) in [5.74, 6) is 0. The lowest BCUT2D eigenvalue weighted by Crippen LogP contribution is -2.25. The molecule has 69 heavy (non-hydrogen) atoms. The van der Waals surface area contributed by atoms with Crippen LogP contribution in [0.2, 0.25) is 0 Å². The van der Waals surface area contributed by atoms with E-state index < -0.39 is 5.41 Å².